The summed E-state index contributed by atoms with van der Waals surface area (Å²) in [6.45, 7) is 2.30. The number of benzene rings is 1. The minimum absolute atomic E-state index is 0.00836. The Morgan fingerprint density at radius 2 is 1.85 bits per heavy atom. The van der Waals surface area contributed by atoms with Gasteiger partial charge in [0.15, 0.2) is 11.6 Å². The number of carbonyl (C=O) groups is 4. The molecule has 3 aliphatic carbocycles. The monoisotopic (exact) mass is 573 g/mol. The number of imide groups is 1. The van der Waals surface area contributed by atoms with Crippen LogP contribution in [0.1, 0.15) is 37.7 Å². The number of aromatic hydroxyl groups is 1. The van der Waals surface area contributed by atoms with E-state index in [0.29, 0.717) is 36.1 Å². The lowest BCUT2D eigenvalue weighted by atomic mass is 9.59. The third kappa shape index (κ3) is 3.33. The first-order valence-corrected chi connectivity index (χ1v) is 12.6. The molecule has 1 aromatic carbocycles. The molecule has 0 aromatic heterocycles. The first kappa shape index (κ1) is 22.5. The molecular weight excluding hydrogens is 554 g/mol. The van der Waals surface area contributed by atoms with Crippen LogP contribution in [0.3, 0.4) is 0 Å². The van der Waals surface area contributed by atoms with E-state index >= 15 is 0 Å². The molecule has 0 spiro atoms. The van der Waals surface area contributed by atoms with Gasteiger partial charge in [-0.05, 0) is 59.3 Å². The molecule has 1 N–H and O–H groups in total. The highest BCUT2D eigenvalue weighted by atomic mass is 79.9. The first-order valence-electron chi connectivity index (χ1n) is 11.0. The van der Waals surface area contributed by atoms with E-state index in [1.165, 1.54) is 11.0 Å². The Morgan fingerprint density at radius 1 is 1.09 bits per heavy atom. The molecule has 4 atom stereocenters. The van der Waals surface area contributed by atoms with Gasteiger partial charge in [0.2, 0.25) is 11.8 Å². The summed E-state index contributed by atoms with van der Waals surface area (Å²) < 4.78 is 0.908. The molecule has 2 amide bonds. The van der Waals surface area contributed by atoms with Gasteiger partial charge in [-0.15, -0.1) is 0 Å². The van der Waals surface area contributed by atoms with E-state index in [9.17, 15) is 24.3 Å². The summed E-state index contributed by atoms with van der Waals surface area (Å²) in [5.74, 6) is -2.99. The van der Waals surface area contributed by atoms with E-state index in [0.717, 1.165) is 10.0 Å². The van der Waals surface area contributed by atoms with Gasteiger partial charge in [-0.3, -0.25) is 24.1 Å². The third-order valence-electron chi connectivity index (χ3n) is 7.17. The molecule has 0 bridgehead atoms. The highest BCUT2D eigenvalue weighted by Crippen LogP contribution is 2.56. The Morgan fingerprint density at radius 3 is 2.58 bits per heavy atom. The lowest BCUT2D eigenvalue weighted by molar-refractivity contribution is -0.140. The Balaban J connectivity index is 1.70. The second kappa shape index (κ2) is 8.17. The molecule has 0 unspecified atom stereocenters. The average Bonchev–Trinajstić information content (AvgIpc) is 3.03. The van der Waals surface area contributed by atoms with Crippen LogP contribution in [-0.4, -0.2) is 39.9 Å². The van der Waals surface area contributed by atoms with Crippen molar-refractivity contribution in [3.8, 4) is 5.75 Å². The zero-order valence-corrected chi connectivity index (χ0v) is 21.0. The number of ketones is 2. The highest BCUT2D eigenvalue weighted by molar-refractivity contribution is 9.12. The molecule has 33 heavy (non-hydrogen) atoms. The lowest BCUT2D eigenvalue weighted by Gasteiger charge is -2.42. The zero-order valence-electron chi connectivity index (χ0n) is 17.8. The van der Waals surface area contributed by atoms with E-state index in [-0.39, 0.29) is 46.0 Å². The highest BCUT2D eigenvalue weighted by Gasteiger charge is 2.56. The first-order chi connectivity index (χ1) is 15.7. The second-order valence-corrected chi connectivity index (χ2v) is 10.7. The van der Waals surface area contributed by atoms with Crippen LogP contribution in [0, 0.1) is 17.8 Å². The van der Waals surface area contributed by atoms with Gasteiger partial charge in [0.25, 0.3) is 0 Å². The van der Waals surface area contributed by atoms with Gasteiger partial charge in [-0.2, -0.15) is 0 Å². The van der Waals surface area contributed by atoms with Gasteiger partial charge in [0.05, 0.1) is 16.3 Å². The SMILES string of the molecule is CCCN1C(=O)[C@H]2[C@H](CC=C3[C@H](c4cc(Br)ccc4O)C4=C(C[C@H]32)C(=O)C(Br)=CC4=O)C1=O. The van der Waals surface area contributed by atoms with E-state index in [4.69, 9.17) is 0 Å². The number of likely N-dealkylation sites (tertiary alicyclic amines) is 1. The second-order valence-electron chi connectivity index (χ2n) is 8.92. The minimum Gasteiger partial charge on any atom is -0.508 e. The molecule has 1 aromatic rings. The number of halogens is 2. The fourth-order valence-corrected chi connectivity index (χ4v) is 6.65. The van der Waals surface area contributed by atoms with Crippen LogP contribution in [-0.2, 0) is 19.2 Å². The topological polar surface area (TPSA) is 91.8 Å². The number of rotatable bonds is 3. The van der Waals surface area contributed by atoms with Gasteiger partial charge in [-0.25, -0.2) is 0 Å². The molecule has 4 aliphatic rings. The Kier molecular flexibility index (Phi) is 5.56. The van der Waals surface area contributed by atoms with Crippen LogP contribution in [0.4, 0.5) is 0 Å². The predicted molar refractivity (Wildman–Crippen MR) is 127 cm³/mol. The summed E-state index contributed by atoms with van der Waals surface area (Å²) in [6, 6.07) is 4.99. The molecular formula is C25H21Br2NO5. The molecule has 5 rings (SSSR count). The predicted octanol–water partition coefficient (Wildman–Crippen LogP) is 4.33. The van der Waals surface area contributed by atoms with Crippen molar-refractivity contribution < 1.29 is 24.3 Å². The molecule has 6 nitrogen and oxygen atoms in total. The summed E-state index contributed by atoms with van der Waals surface area (Å²) in [4.78, 5) is 54.0. The van der Waals surface area contributed by atoms with Gasteiger partial charge >= 0.3 is 0 Å². The number of Topliss-reactive ketones (excluding diaryl/α,β-unsaturated/α-hetero) is 1. The summed E-state index contributed by atoms with van der Waals surface area (Å²) in [5, 5.41) is 10.7. The van der Waals surface area contributed by atoms with Crippen molar-refractivity contribution >= 4 is 55.2 Å². The molecule has 1 aliphatic heterocycles. The van der Waals surface area contributed by atoms with Crippen LogP contribution in [0.5, 0.6) is 5.75 Å². The quantitative estimate of drug-likeness (QED) is 0.330. The number of hydrogen-bond acceptors (Lipinski definition) is 5. The molecule has 170 valence electrons. The van der Waals surface area contributed by atoms with Crippen molar-refractivity contribution in [2.45, 2.75) is 32.1 Å². The third-order valence-corrected chi connectivity index (χ3v) is 8.25. The van der Waals surface area contributed by atoms with Crippen LogP contribution < -0.4 is 0 Å². The number of carbonyl (C=O) groups excluding carboxylic acids is 4. The van der Waals surface area contributed by atoms with Gasteiger partial charge < -0.3 is 5.11 Å². The summed E-state index contributed by atoms with van der Waals surface area (Å²) in [7, 11) is 0. The average molecular weight is 575 g/mol. The molecule has 1 saturated heterocycles. The molecule has 1 heterocycles. The number of allylic oxidation sites excluding steroid dienone is 6. The maximum absolute atomic E-state index is 13.4. The number of amides is 2. The zero-order chi connectivity index (χ0) is 23.6. The Hall–Kier alpha value is -2.32. The Bertz CT molecular complexity index is 1230. The van der Waals surface area contributed by atoms with Gasteiger partial charge in [0.1, 0.15) is 5.75 Å². The van der Waals surface area contributed by atoms with Gasteiger partial charge in [-0.1, -0.05) is 34.5 Å². The van der Waals surface area contributed by atoms with Crippen molar-refractivity contribution in [2.75, 3.05) is 6.54 Å². The van der Waals surface area contributed by atoms with Gasteiger partial charge in [0, 0.05) is 39.7 Å². The largest absolute Gasteiger partial charge is 0.508 e. The van der Waals surface area contributed by atoms with Crippen LogP contribution in [0.25, 0.3) is 0 Å². The maximum atomic E-state index is 13.4. The van der Waals surface area contributed by atoms with Crippen LogP contribution in [0.15, 0.2) is 56.0 Å². The van der Waals surface area contributed by atoms with Crippen molar-refractivity contribution in [3.05, 3.63) is 61.6 Å². The van der Waals surface area contributed by atoms with E-state index in [1.807, 2.05) is 13.0 Å². The van der Waals surface area contributed by atoms with Crippen molar-refractivity contribution in [1.82, 2.24) is 4.90 Å². The fraction of sp³-hybridized carbons (Fsp3) is 0.360. The van der Waals surface area contributed by atoms with Crippen LogP contribution >= 0.6 is 31.9 Å². The molecule has 8 heteroatoms. The molecule has 0 radical (unpaired) electrons. The molecule has 1 fully saturated rings. The van der Waals surface area contributed by atoms with Crippen molar-refractivity contribution in [2.24, 2.45) is 17.8 Å². The summed E-state index contributed by atoms with van der Waals surface area (Å²) >= 11 is 6.65. The summed E-state index contributed by atoms with van der Waals surface area (Å²) in [5.41, 5.74) is 2.03. The van der Waals surface area contributed by atoms with E-state index < -0.39 is 17.8 Å². The van der Waals surface area contributed by atoms with E-state index in [2.05, 4.69) is 31.9 Å². The number of nitrogens with zero attached hydrogens (tertiary/aromatic N) is 1. The summed E-state index contributed by atoms with van der Waals surface area (Å²) in [6.07, 6.45) is 4.53. The Labute approximate surface area is 207 Å². The van der Waals surface area contributed by atoms with Crippen molar-refractivity contribution in [1.29, 1.82) is 0 Å². The smallest absolute Gasteiger partial charge is 0.233 e. The lowest BCUT2D eigenvalue weighted by Crippen LogP contribution is -2.39. The van der Waals surface area contributed by atoms with Crippen molar-refractivity contribution in [3.63, 3.8) is 0 Å². The normalized spacial score (nSPS) is 29.0. The molecule has 0 saturated carbocycles. The number of fused-ring (bicyclic) bond motifs is 3. The minimum atomic E-state index is -0.659. The standard InChI is InChI=1S/C25H21Br2NO5/c1-2-7-28-24(32)13-5-4-12-14(21(13)25(28)33)9-16-22(19(30)10-17(27)23(16)31)20(12)15-8-11(26)3-6-18(15)29/h3-4,6,8,10,13-14,20-21,29H,2,5,7,9H2,1H3/t13-,14+,20+,21-/m0/s1. The van der Waals surface area contributed by atoms with Crippen LogP contribution in [0.2, 0.25) is 0 Å². The number of phenols is 1. The van der Waals surface area contributed by atoms with E-state index in [1.54, 1.807) is 18.2 Å². The number of phenolic OH excluding ortho intramolecular Hbond substituents is 1. The number of hydrogen-bond donors (Lipinski definition) is 1. The maximum Gasteiger partial charge on any atom is 0.233 e. The fourth-order valence-electron chi connectivity index (χ4n) is 5.83.